The van der Waals surface area contributed by atoms with Crippen molar-refractivity contribution in [3.05, 3.63) is 95.7 Å². The van der Waals surface area contributed by atoms with Crippen molar-refractivity contribution in [3.8, 4) is 6.07 Å². The summed E-state index contributed by atoms with van der Waals surface area (Å²) in [5, 5.41) is 12.2. The summed E-state index contributed by atoms with van der Waals surface area (Å²) in [5.74, 6) is 1.02. The molecule has 2 aromatic carbocycles. The number of hydrogen-bond donors (Lipinski definition) is 1. The first kappa shape index (κ1) is 14.8. The third-order valence-electron chi connectivity index (χ3n) is 3.78. The first-order valence-corrected chi connectivity index (χ1v) is 7.57. The molecule has 0 atom stereocenters. The predicted molar refractivity (Wildman–Crippen MR) is 92.2 cm³/mol. The van der Waals surface area contributed by atoms with Crippen LogP contribution >= 0.6 is 0 Å². The zero-order valence-corrected chi connectivity index (χ0v) is 12.7. The van der Waals surface area contributed by atoms with Gasteiger partial charge in [0.25, 0.3) is 0 Å². The van der Waals surface area contributed by atoms with E-state index in [1.807, 2.05) is 18.2 Å². The predicted octanol–water partition coefficient (Wildman–Crippen LogP) is 4.20. The average Bonchev–Trinajstić information content (AvgIpc) is 2.64. The maximum atomic E-state index is 8.83. The van der Waals surface area contributed by atoms with Crippen molar-refractivity contribution >= 4 is 5.82 Å². The van der Waals surface area contributed by atoms with E-state index in [0.717, 1.165) is 12.4 Å². The highest BCUT2D eigenvalue weighted by atomic mass is 15.0. The Hall–Kier alpha value is -3.12. The Morgan fingerprint density at radius 1 is 0.870 bits per heavy atom. The molecule has 0 aliphatic rings. The Morgan fingerprint density at radius 2 is 1.48 bits per heavy atom. The van der Waals surface area contributed by atoms with E-state index in [-0.39, 0.29) is 5.92 Å². The van der Waals surface area contributed by atoms with Crippen LogP contribution in [0.15, 0.2) is 79.0 Å². The van der Waals surface area contributed by atoms with Gasteiger partial charge in [0, 0.05) is 18.7 Å². The minimum Gasteiger partial charge on any atom is -0.369 e. The summed E-state index contributed by atoms with van der Waals surface area (Å²) in [5.41, 5.74) is 3.10. The number of aromatic nitrogens is 1. The lowest BCUT2D eigenvalue weighted by molar-refractivity contribution is 0.848. The summed E-state index contributed by atoms with van der Waals surface area (Å²) in [4.78, 5) is 4.28. The van der Waals surface area contributed by atoms with Crippen molar-refractivity contribution < 1.29 is 0 Å². The summed E-state index contributed by atoms with van der Waals surface area (Å²) in [7, 11) is 0. The largest absolute Gasteiger partial charge is 0.369 e. The van der Waals surface area contributed by atoms with Gasteiger partial charge in [-0.3, -0.25) is 0 Å². The fourth-order valence-corrected chi connectivity index (χ4v) is 2.57. The Morgan fingerprint density at radius 3 is 1.96 bits per heavy atom. The second-order valence-corrected chi connectivity index (χ2v) is 5.30. The summed E-state index contributed by atoms with van der Waals surface area (Å²) in [6, 6.07) is 26.6. The molecule has 112 valence electrons. The standard InChI is InChI=1S/C20H17N3/c21-13-16-11-12-20(22-14-16)23-15-19(17-7-3-1-4-8-17)18-9-5-2-6-10-18/h1-12,14,19H,15H2,(H,22,23). The number of pyridine rings is 1. The van der Waals surface area contributed by atoms with Gasteiger partial charge in [-0.2, -0.15) is 5.26 Å². The first-order chi connectivity index (χ1) is 11.4. The molecule has 0 radical (unpaired) electrons. The minimum atomic E-state index is 0.245. The van der Waals surface area contributed by atoms with Crippen LogP contribution in [-0.2, 0) is 0 Å². The number of rotatable bonds is 5. The van der Waals surface area contributed by atoms with E-state index in [1.165, 1.54) is 11.1 Å². The van der Waals surface area contributed by atoms with Gasteiger partial charge in [-0.25, -0.2) is 4.98 Å². The van der Waals surface area contributed by atoms with Crippen LogP contribution in [0, 0.1) is 11.3 Å². The van der Waals surface area contributed by atoms with Crippen LogP contribution in [0.25, 0.3) is 0 Å². The molecule has 0 aliphatic carbocycles. The molecule has 0 unspecified atom stereocenters. The summed E-state index contributed by atoms with van der Waals surface area (Å²) in [6.07, 6.45) is 1.59. The SMILES string of the molecule is N#Cc1ccc(NCC(c2ccccc2)c2ccccc2)nc1. The molecule has 0 saturated heterocycles. The van der Waals surface area contributed by atoms with E-state index >= 15 is 0 Å². The molecule has 0 aliphatic heterocycles. The van der Waals surface area contributed by atoms with Gasteiger partial charge >= 0.3 is 0 Å². The van der Waals surface area contributed by atoms with Gasteiger partial charge in [0.15, 0.2) is 0 Å². The first-order valence-electron chi connectivity index (χ1n) is 7.57. The molecule has 1 heterocycles. The molecule has 0 amide bonds. The zero-order chi connectivity index (χ0) is 15.9. The van der Waals surface area contributed by atoms with E-state index < -0.39 is 0 Å². The van der Waals surface area contributed by atoms with Crippen LogP contribution in [0.3, 0.4) is 0 Å². The number of nitrogens with one attached hydrogen (secondary N) is 1. The minimum absolute atomic E-state index is 0.245. The quantitative estimate of drug-likeness (QED) is 0.768. The summed E-state index contributed by atoms with van der Waals surface area (Å²) >= 11 is 0. The van der Waals surface area contributed by atoms with E-state index in [2.05, 4.69) is 64.9 Å². The summed E-state index contributed by atoms with van der Waals surface area (Å²) in [6.45, 7) is 0.743. The normalized spacial score (nSPS) is 10.3. The van der Waals surface area contributed by atoms with Crippen molar-refractivity contribution in [1.29, 1.82) is 5.26 Å². The van der Waals surface area contributed by atoms with E-state index in [9.17, 15) is 0 Å². The maximum Gasteiger partial charge on any atom is 0.125 e. The van der Waals surface area contributed by atoms with Gasteiger partial charge in [-0.1, -0.05) is 60.7 Å². The fourth-order valence-electron chi connectivity index (χ4n) is 2.57. The number of anilines is 1. The molecule has 3 heteroatoms. The van der Waals surface area contributed by atoms with E-state index in [4.69, 9.17) is 5.26 Å². The molecule has 3 nitrogen and oxygen atoms in total. The molecular formula is C20H17N3. The second-order valence-electron chi connectivity index (χ2n) is 5.30. The molecule has 0 saturated carbocycles. The Balaban J connectivity index is 1.80. The fraction of sp³-hybridized carbons (Fsp3) is 0.100. The monoisotopic (exact) mass is 299 g/mol. The van der Waals surface area contributed by atoms with Gasteiger partial charge in [0.05, 0.1) is 5.56 Å². The average molecular weight is 299 g/mol. The van der Waals surface area contributed by atoms with Gasteiger partial charge in [-0.05, 0) is 23.3 Å². The van der Waals surface area contributed by atoms with Crippen molar-refractivity contribution in [1.82, 2.24) is 4.98 Å². The Bertz CT molecular complexity index is 735. The van der Waals surface area contributed by atoms with Crippen LogP contribution in [0.2, 0.25) is 0 Å². The lowest BCUT2D eigenvalue weighted by Gasteiger charge is -2.19. The van der Waals surface area contributed by atoms with Crippen molar-refractivity contribution in [2.45, 2.75) is 5.92 Å². The van der Waals surface area contributed by atoms with Gasteiger partial charge < -0.3 is 5.32 Å². The molecule has 0 bridgehead atoms. The smallest absolute Gasteiger partial charge is 0.125 e. The van der Waals surface area contributed by atoms with Gasteiger partial charge in [0.2, 0.25) is 0 Å². The molecule has 3 rings (SSSR count). The molecular weight excluding hydrogens is 282 g/mol. The van der Waals surface area contributed by atoms with Crippen LogP contribution in [0.1, 0.15) is 22.6 Å². The molecule has 23 heavy (non-hydrogen) atoms. The zero-order valence-electron chi connectivity index (χ0n) is 12.7. The van der Waals surface area contributed by atoms with Crippen LogP contribution in [-0.4, -0.2) is 11.5 Å². The summed E-state index contributed by atoms with van der Waals surface area (Å²) < 4.78 is 0. The van der Waals surface area contributed by atoms with Crippen LogP contribution < -0.4 is 5.32 Å². The van der Waals surface area contributed by atoms with Crippen LogP contribution in [0.4, 0.5) is 5.82 Å². The lowest BCUT2D eigenvalue weighted by Crippen LogP contribution is -2.14. The van der Waals surface area contributed by atoms with Crippen LogP contribution in [0.5, 0.6) is 0 Å². The highest BCUT2D eigenvalue weighted by Crippen LogP contribution is 2.24. The number of nitrogens with zero attached hydrogens (tertiary/aromatic N) is 2. The second kappa shape index (κ2) is 7.24. The highest BCUT2D eigenvalue weighted by Gasteiger charge is 2.13. The number of benzene rings is 2. The van der Waals surface area contributed by atoms with Gasteiger partial charge in [-0.15, -0.1) is 0 Å². The van der Waals surface area contributed by atoms with Gasteiger partial charge in [0.1, 0.15) is 11.9 Å². The third-order valence-corrected chi connectivity index (χ3v) is 3.78. The number of hydrogen-bond acceptors (Lipinski definition) is 3. The molecule has 0 fully saturated rings. The Labute approximate surface area is 136 Å². The topological polar surface area (TPSA) is 48.7 Å². The number of nitriles is 1. The molecule has 1 aromatic heterocycles. The highest BCUT2D eigenvalue weighted by molar-refractivity contribution is 5.41. The lowest BCUT2D eigenvalue weighted by atomic mass is 9.91. The van der Waals surface area contributed by atoms with E-state index in [0.29, 0.717) is 5.56 Å². The van der Waals surface area contributed by atoms with Crippen molar-refractivity contribution in [2.24, 2.45) is 0 Å². The third kappa shape index (κ3) is 3.75. The molecule has 0 spiro atoms. The molecule has 3 aromatic rings. The molecule has 1 N–H and O–H groups in total. The maximum absolute atomic E-state index is 8.83. The Kier molecular flexibility index (Phi) is 4.66. The van der Waals surface area contributed by atoms with Crippen molar-refractivity contribution in [2.75, 3.05) is 11.9 Å². The van der Waals surface area contributed by atoms with E-state index in [1.54, 1.807) is 12.3 Å². The van der Waals surface area contributed by atoms with Crippen molar-refractivity contribution in [3.63, 3.8) is 0 Å².